The maximum absolute atomic E-state index is 12.1. The lowest BCUT2D eigenvalue weighted by molar-refractivity contribution is -0.126. The van der Waals surface area contributed by atoms with E-state index in [2.05, 4.69) is 31.3 Å². The SMILES string of the molecule is CCCN(CCC)C(=O)/C=C/c1ccc(CNC)cc1. The van der Waals surface area contributed by atoms with Crippen molar-refractivity contribution >= 4 is 12.0 Å². The van der Waals surface area contributed by atoms with E-state index in [9.17, 15) is 4.79 Å². The topological polar surface area (TPSA) is 32.3 Å². The molecule has 0 aliphatic carbocycles. The number of amides is 1. The lowest BCUT2D eigenvalue weighted by Crippen LogP contribution is -2.30. The molecule has 0 bridgehead atoms. The highest BCUT2D eigenvalue weighted by Gasteiger charge is 2.07. The Kier molecular flexibility index (Phi) is 7.66. The van der Waals surface area contributed by atoms with Gasteiger partial charge in [0.15, 0.2) is 0 Å². The third kappa shape index (κ3) is 5.57. The maximum atomic E-state index is 12.1. The van der Waals surface area contributed by atoms with Crippen LogP contribution in [0.4, 0.5) is 0 Å². The minimum Gasteiger partial charge on any atom is -0.339 e. The minimum atomic E-state index is 0.105. The highest BCUT2D eigenvalue weighted by atomic mass is 16.2. The van der Waals surface area contributed by atoms with Gasteiger partial charge in [0.2, 0.25) is 5.91 Å². The number of carbonyl (C=O) groups is 1. The van der Waals surface area contributed by atoms with Crippen molar-refractivity contribution in [1.29, 1.82) is 0 Å². The van der Waals surface area contributed by atoms with E-state index in [1.807, 2.05) is 30.2 Å². The van der Waals surface area contributed by atoms with Crippen LogP contribution in [0.25, 0.3) is 6.08 Å². The zero-order chi connectivity index (χ0) is 14.8. The van der Waals surface area contributed by atoms with Gasteiger partial charge in [-0.15, -0.1) is 0 Å². The van der Waals surface area contributed by atoms with Crippen LogP contribution in [-0.4, -0.2) is 30.9 Å². The summed E-state index contributed by atoms with van der Waals surface area (Å²) in [6, 6.07) is 8.24. The van der Waals surface area contributed by atoms with Crippen molar-refractivity contribution in [2.24, 2.45) is 0 Å². The van der Waals surface area contributed by atoms with Crippen molar-refractivity contribution in [1.82, 2.24) is 10.2 Å². The number of rotatable bonds is 8. The highest BCUT2D eigenvalue weighted by Crippen LogP contribution is 2.07. The first kappa shape index (κ1) is 16.4. The second-order valence-electron chi connectivity index (χ2n) is 4.93. The molecule has 0 saturated heterocycles. The van der Waals surface area contributed by atoms with E-state index in [4.69, 9.17) is 0 Å². The van der Waals surface area contributed by atoms with Crippen LogP contribution in [0, 0.1) is 0 Å². The van der Waals surface area contributed by atoms with Crippen molar-refractivity contribution in [3.8, 4) is 0 Å². The van der Waals surface area contributed by atoms with Crippen molar-refractivity contribution in [3.05, 3.63) is 41.5 Å². The summed E-state index contributed by atoms with van der Waals surface area (Å²) in [5.74, 6) is 0.105. The molecule has 110 valence electrons. The summed E-state index contributed by atoms with van der Waals surface area (Å²) >= 11 is 0. The fourth-order valence-electron chi connectivity index (χ4n) is 2.10. The zero-order valence-corrected chi connectivity index (χ0v) is 12.9. The molecule has 1 aromatic carbocycles. The molecule has 0 saturated carbocycles. The van der Waals surface area contributed by atoms with Gasteiger partial charge in [0.05, 0.1) is 0 Å². The lowest BCUT2D eigenvalue weighted by Gasteiger charge is -2.19. The molecular weight excluding hydrogens is 248 g/mol. The van der Waals surface area contributed by atoms with Gasteiger partial charge in [-0.05, 0) is 37.1 Å². The van der Waals surface area contributed by atoms with Crippen LogP contribution in [0.15, 0.2) is 30.3 Å². The monoisotopic (exact) mass is 274 g/mol. The molecule has 0 unspecified atom stereocenters. The predicted molar refractivity (Wildman–Crippen MR) is 85.4 cm³/mol. The Bertz CT molecular complexity index is 417. The van der Waals surface area contributed by atoms with Crippen LogP contribution < -0.4 is 5.32 Å². The smallest absolute Gasteiger partial charge is 0.246 e. The summed E-state index contributed by atoms with van der Waals surface area (Å²) in [6.07, 6.45) is 5.57. The molecule has 3 heteroatoms. The van der Waals surface area contributed by atoms with Gasteiger partial charge >= 0.3 is 0 Å². The van der Waals surface area contributed by atoms with Crippen molar-refractivity contribution in [2.45, 2.75) is 33.2 Å². The Balaban J connectivity index is 2.63. The summed E-state index contributed by atoms with van der Waals surface area (Å²) in [4.78, 5) is 14.0. The number of hydrogen-bond acceptors (Lipinski definition) is 2. The lowest BCUT2D eigenvalue weighted by atomic mass is 10.1. The number of nitrogens with one attached hydrogen (secondary N) is 1. The number of nitrogens with zero attached hydrogens (tertiary/aromatic N) is 1. The van der Waals surface area contributed by atoms with Crippen molar-refractivity contribution in [3.63, 3.8) is 0 Å². The van der Waals surface area contributed by atoms with Gasteiger partial charge in [-0.2, -0.15) is 0 Å². The molecule has 0 fully saturated rings. The van der Waals surface area contributed by atoms with Crippen LogP contribution in [0.3, 0.4) is 0 Å². The minimum absolute atomic E-state index is 0.105. The Morgan fingerprint density at radius 2 is 1.75 bits per heavy atom. The Morgan fingerprint density at radius 1 is 1.15 bits per heavy atom. The molecule has 0 spiro atoms. The predicted octanol–water partition coefficient (Wildman–Crippen LogP) is 3.07. The summed E-state index contributed by atoms with van der Waals surface area (Å²) in [5.41, 5.74) is 2.31. The fourth-order valence-corrected chi connectivity index (χ4v) is 2.10. The van der Waals surface area contributed by atoms with Gasteiger partial charge in [0.1, 0.15) is 0 Å². The normalized spacial score (nSPS) is 10.9. The fraction of sp³-hybridized carbons (Fsp3) is 0.471. The molecule has 1 N–H and O–H groups in total. The number of carbonyl (C=O) groups excluding carboxylic acids is 1. The molecule has 0 heterocycles. The number of benzene rings is 1. The summed E-state index contributed by atoms with van der Waals surface area (Å²) < 4.78 is 0. The first-order chi connectivity index (χ1) is 9.71. The van der Waals surface area contributed by atoms with E-state index in [1.54, 1.807) is 6.08 Å². The van der Waals surface area contributed by atoms with Gasteiger partial charge in [0.25, 0.3) is 0 Å². The molecule has 0 aliphatic heterocycles. The zero-order valence-electron chi connectivity index (χ0n) is 12.9. The Hall–Kier alpha value is -1.61. The molecule has 3 nitrogen and oxygen atoms in total. The van der Waals surface area contributed by atoms with Crippen molar-refractivity contribution < 1.29 is 4.79 Å². The van der Waals surface area contributed by atoms with Gasteiger partial charge in [0, 0.05) is 25.7 Å². The molecule has 20 heavy (non-hydrogen) atoms. The highest BCUT2D eigenvalue weighted by molar-refractivity contribution is 5.91. The summed E-state index contributed by atoms with van der Waals surface area (Å²) in [6.45, 7) is 6.72. The van der Waals surface area contributed by atoms with E-state index in [1.165, 1.54) is 5.56 Å². The van der Waals surface area contributed by atoms with E-state index in [0.717, 1.165) is 38.0 Å². The molecule has 0 atom stereocenters. The summed E-state index contributed by atoms with van der Waals surface area (Å²) in [7, 11) is 1.93. The Labute approximate surface area is 122 Å². The van der Waals surface area contributed by atoms with E-state index in [0.29, 0.717) is 0 Å². The quantitative estimate of drug-likeness (QED) is 0.739. The Morgan fingerprint density at radius 3 is 2.25 bits per heavy atom. The summed E-state index contributed by atoms with van der Waals surface area (Å²) in [5, 5.41) is 3.12. The third-order valence-electron chi connectivity index (χ3n) is 3.08. The number of hydrogen-bond donors (Lipinski definition) is 1. The van der Waals surface area contributed by atoms with E-state index >= 15 is 0 Å². The molecule has 0 aromatic heterocycles. The van der Waals surface area contributed by atoms with Crippen LogP contribution in [0.1, 0.15) is 37.8 Å². The molecular formula is C17H26N2O. The molecule has 0 aliphatic rings. The molecule has 0 radical (unpaired) electrons. The average Bonchev–Trinajstić information content (AvgIpc) is 2.46. The van der Waals surface area contributed by atoms with Crippen molar-refractivity contribution in [2.75, 3.05) is 20.1 Å². The largest absolute Gasteiger partial charge is 0.339 e. The van der Waals surface area contributed by atoms with Crippen LogP contribution in [0.5, 0.6) is 0 Å². The maximum Gasteiger partial charge on any atom is 0.246 e. The average molecular weight is 274 g/mol. The second-order valence-corrected chi connectivity index (χ2v) is 4.93. The first-order valence-corrected chi connectivity index (χ1v) is 7.41. The van der Waals surface area contributed by atoms with Gasteiger partial charge in [-0.25, -0.2) is 0 Å². The van der Waals surface area contributed by atoms with Crippen LogP contribution in [0.2, 0.25) is 0 Å². The van der Waals surface area contributed by atoms with Gasteiger partial charge in [-0.1, -0.05) is 38.1 Å². The third-order valence-corrected chi connectivity index (χ3v) is 3.08. The standard InChI is InChI=1S/C17H26N2O/c1-4-12-19(13-5-2)17(20)11-10-15-6-8-16(9-7-15)14-18-3/h6-11,18H,4-5,12-14H2,1-3H3/b11-10+. The molecule has 1 rings (SSSR count). The first-order valence-electron chi connectivity index (χ1n) is 7.41. The van der Waals surface area contributed by atoms with E-state index in [-0.39, 0.29) is 5.91 Å². The van der Waals surface area contributed by atoms with E-state index < -0.39 is 0 Å². The van der Waals surface area contributed by atoms with Gasteiger partial charge in [-0.3, -0.25) is 4.79 Å². The molecule has 1 amide bonds. The van der Waals surface area contributed by atoms with Crippen LogP contribution >= 0.6 is 0 Å². The second kappa shape index (κ2) is 9.32. The van der Waals surface area contributed by atoms with Gasteiger partial charge < -0.3 is 10.2 Å². The molecule has 1 aromatic rings. The van der Waals surface area contributed by atoms with Crippen LogP contribution in [-0.2, 0) is 11.3 Å².